The molecule has 1 saturated heterocycles. The molecule has 0 bridgehead atoms. The Morgan fingerprint density at radius 1 is 1.29 bits per heavy atom. The van der Waals surface area contributed by atoms with Crippen molar-refractivity contribution >= 4 is 22.6 Å². The number of nitrogens with one attached hydrogen (secondary N) is 1. The van der Waals surface area contributed by atoms with Crippen LogP contribution in [0, 0.1) is 12.8 Å². The molecule has 1 aliphatic rings. The maximum atomic E-state index is 12.4. The highest BCUT2D eigenvalue weighted by molar-refractivity contribution is 6.00. The molecule has 1 N–H and O–H groups in total. The van der Waals surface area contributed by atoms with Gasteiger partial charge in [0, 0.05) is 24.2 Å². The average Bonchev–Trinajstić information content (AvgIpc) is 2.47. The average molecular weight is 283 g/mol. The first-order valence-electron chi connectivity index (χ1n) is 7.56. The maximum absolute atomic E-state index is 12.4. The molecule has 110 valence electrons. The van der Waals surface area contributed by atoms with Crippen LogP contribution in [-0.2, 0) is 0 Å². The normalized spacial score (nSPS) is 16.2. The van der Waals surface area contributed by atoms with Gasteiger partial charge in [0.2, 0.25) is 0 Å². The molecule has 4 heteroatoms. The van der Waals surface area contributed by atoms with Gasteiger partial charge >= 0.3 is 6.03 Å². The molecule has 0 radical (unpaired) electrons. The number of hydrogen-bond acceptors (Lipinski definition) is 2. The van der Waals surface area contributed by atoms with Crippen LogP contribution in [0.1, 0.15) is 25.5 Å². The van der Waals surface area contributed by atoms with E-state index in [1.165, 1.54) is 0 Å². The second-order valence-electron chi connectivity index (χ2n) is 5.93. The molecule has 0 spiro atoms. The summed E-state index contributed by atoms with van der Waals surface area (Å²) in [6.07, 6.45) is 2.17. The monoisotopic (exact) mass is 283 g/mol. The van der Waals surface area contributed by atoms with E-state index >= 15 is 0 Å². The summed E-state index contributed by atoms with van der Waals surface area (Å²) in [6, 6.07) is 9.84. The van der Waals surface area contributed by atoms with Crippen molar-refractivity contribution in [3.8, 4) is 0 Å². The fourth-order valence-corrected chi connectivity index (χ4v) is 2.82. The summed E-state index contributed by atoms with van der Waals surface area (Å²) >= 11 is 0. The number of benzene rings is 1. The number of nitrogens with zero attached hydrogens (tertiary/aromatic N) is 2. The Morgan fingerprint density at radius 3 is 2.76 bits per heavy atom. The van der Waals surface area contributed by atoms with Crippen molar-refractivity contribution in [3.05, 3.63) is 36.0 Å². The molecule has 4 nitrogen and oxygen atoms in total. The lowest BCUT2D eigenvalue weighted by Gasteiger charge is -2.30. The molecular formula is C17H21N3O. The zero-order chi connectivity index (χ0) is 14.8. The molecule has 2 amide bonds. The van der Waals surface area contributed by atoms with Crippen LogP contribution in [0.15, 0.2) is 30.3 Å². The van der Waals surface area contributed by atoms with Gasteiger partial charge in [0.15, 0.2) is 0 Å². The molecule has 1 aromatic heterocycles. The Kier molecular flexibility index (Phi) is 3.78. The summed E-state index contributed by atoms with van der Waals surface area (Å²) in [7, 11) is 0. The van der Waals surface area contributed by atoms with Crippen LogP contribution < -0.4 is 5.32 Å². The van der Waals surface area contributed by atoms with Gasteiger partial charge in [0.05, 0.1) is 11.2 Å². The Labute approximate surface area is 125 Å². The van der Waals surface area contributed by atoms with Gasteiger partial charge in [-0.25, -0.2) is 4.79 Å². The summed E-state index contributed by atoms with van der Waals surface area (Å²) in [5.74, 6) is 0.720. The van der Waals surface area contributed by atoms with Gasteiger partial charge in [-0.2, -0.15) is 0 Å². The zero-order valence-corrected chi connectivity index (χ0v) is 12.6. The number of para-hydroxylation sites is 1. The molecular weight excluding hydrogens is 262 g/mol. The molecule has 21 heavy (non-hydrogen) atoms. The van der Waals surface area contributed by atoms with Crippen molar-refractivity contribution in [2.45, 2.75) is 26.7 Å². The number of carbonyl (C=O) groups is 1. The van der Waals surface area contributed by atoms with Crippen LogP contribution in [0.4, 0.5) is 10.5 Å². The van der Waals surface area contributed by atoms with Crippen LogP contribution in [0.25, 0.3) is 10.9 Å². The molecule has 1 fully saturated rings. The standard InChI is InChI=1S/C17H21N3O/c1-12-7-9-20(10-8-12)17(21)19-16-11-13(2)18-15-6-4-3-5-14(15)16/h3-6,11-12H,7-10H2,1-2H3,(H,18,19,21). The third-order valence-corrected chi connectivity index (χ3v) is 4.16. The zero-order valence-electron chi connectivity index (χ0n) is 12.6. The number of pyridine rings is 1. The van der Waals surface area contributed by atoms with Crippen molar-refractivity contribution in [1.82, 2.24) is 9.88 Å². The van der Waals surface area contributed by atoms with Crippen molar-refractivity contribution < 1.29 is 4.79 Å². The van der Waals surface area contributed by atoms with Crippen LogP contribution in [0.3, 0.4) is 0 Å². The van der Waals surface area contributed by atoms with E-state index in [1.54, 1.807) is 0 Å². The largest absolute Gasteiger partial charge is 0.325 e. The molecule has 0 saturated carbocycles. The maximum Gasteiger partial charge on any atom is 0.321 e. The first-order chi connectivity index (χ1) is 10.1. The van der Waals surface area contributed by atoms with E-state index in [0.29, 0.717) is 0 Å². The smallest absolute Gasteiger partial charge is 0.321 e. The Bertz CT molecular complexity index is 660. The number of amides is 2. The Balaban J connectivity index is 1.83. The van der Waals surface area contributed by atoms with Gasteiger partial charge < -0.3 is 10.2 Å². The first kappa shape index (κ1) is 13.9. The van der Waals surface area contributed by atoms with Crippen molar-refractivity contribution in [2.75, 3.05) is 18.4 Å². The van der Waals surface area contributed by atoms with E-state index in [1.807, 2.05) is 42.2 Å². The Morgan fingerprint density at radius 2 is 2.00 bits per heavy atom. The van der Waals surface area contributed by atoms with Crippen molar-refractivity contribution in [1.29, 1.82) is 0 Å². The van der Waals surface area contributed by atoms with Crippen LogP contribution in [0.5, 0.6) is 0 Å². The number of fused-ring (bicyclic) bond motifs is 1. The summed E-state index contributed by atoms with van der Waals surface area (Å²) < 4.78 is 0. The van der Waals surface area contributed by atoms with Gasteiger partial charge in [-0.3, -0.25) is 4.98 Å². The topological polar surface area (TPSA) is 45.2 Å². The molecule has 1 aromatic carbocycles. The third-order valence-electron chi connectivity index (χ3n) is 4.16. The minimum atomic E-state index is -0.00217. The number of likely N-dealkylation sites (tertiary alicyclic amines) is 1. The molecule has 0 atom stereocenters. The van der Waals surface area contributed by atoms with E-state index in [0.717, 1.165) is 54.1 Å². The highest BCUT2D eigenvalue weighted by Gasteiger charge is 2.20. The summed E-state index contributed by atoms with van der Waals surface area (Å²) in [5, 5.41) is 4.05. The fourth-order valence-electron chi connectivity index (χ4n) is 2.82. The van der Waals surface area contributed by atoms with E-state index in [2.05, 4.69) is 17.2 Å². The Hall–Kier alpha value is -2.10. The van der Waals surface area contributed by atoms with Gasteiger partial charge in [0.1, 0.15) is 0 Å². The van der Waals surface area contributed by atoms with E-state index < -0.39 is 0 Å². The lowest BCUT2D eigenvalue weighted by atomic mass is 10.00. The van der Waals surface area contributed by atoms with Crippen molar-refractivity contribution in [3.63, 3.8) is 0 Å². The predicted molar refractivity (Wildman–Crippen MR) is 85.5 cm³/mol. The minimum Gasteiger partial charge on any atom is -0.325 e. The lowest BCUT2D eigenvalue weighted by Crippen LogP contribution is -2.40. The first-order valence-corrected chi connectivity index (χ1v) is 7.56. The van der Waals surface area contributed by atoms with E-state index in [4.69, 9.17) is 0 Å². The fraction of sp³-hybridized carbons (Fsp3) is 0.412. The lowest BCUT2D eigenvalue weighted by molar-refractivity contribution is 0.186. The van der Waals surface area contributed by atoms with Crippen LogP contribution >= 0.6 is 0 Å². The van der Waals surface area contributed by atoms with Gasteiger partial charge in [0.25, 0.3) is 0 Å². The third kappa shape index (κ3) is 2.99. The number of anilines is 1. The van der Waals surface area contributed by atoms with Gasteiger partial charge in [-0.05, 0) is 37.8 Å². The number of aromatic nitrogens is 1. The number of hydrogen-bond donors (Lipinski definition) is 1. The second-order valence-corrected chi connectivity index (χ2v) is 5.93. The molecule has 0 aliphatic carbocycles. The molecule has 2 heterocycles. The number of carbonyl (C=O) groups excluding carboxylic acids is 1. The van der Waals surface area contributed by atoms with Gasteiger partial charge in [-0.15, -0.1) is 0 Å². The number of urea groups is 1. The predicted octanol–water partition coefficient (Wildman–Crippen LogP) is 3.81. The molecule has 3 rings (SSSR count). The molecule has 1 aliphatic heterocycles. The SMILES string of the molecule is Cc1cc(NC(=O)N2CCC(C)CC2)c2ccccc2n1. The highest BCUT2D eigenvalue weighted by atomic mass is 16.2. The second kappa shape index (κ2) is 5.72. The quantitative estimate of drug-likeness (QED) is 0.865. The summed E-state index contributed by atoms with van der Waals surface area (Å²) in [5.41, 5.74) is 2.68. The van der Waals surface area contributed by atoms with Crippen molar-refractivity contribution in [2.24, 2.45) is 5.92 Å². The van der Waals surface area contributed by atoms with Crippen LogP contribution in [-0.4, -0.2) is 29.0 Å². The molecule has 0 unspecified atom stereocenters. The van der Waals surface area contributed by atoms with Crippen LogP contribution in [0.2, 0.25) is 0 Å². The summed E-state index contributed by atoms with van der Waals surface area (Å²) in [6.45, 7) is 5.88. The number of rotatable bonds is 1. The minimum absolute atomic E-state index is 0.00217. The highest BCUT2D eigenvalue weighted by Crippen LogP contribution is 2.24. The summed E-state index contributed by atoms with van der Waals surface area (Å²) in [4.78, 5) is 18.8. The van der Waals surface area contributed by atoms with Gasteiger partial charge in [-0.1, -0.05) is 25.1 Å². The van der Waals surface area contributed by atoms with E-state index in [9.17, 15) is 4.79 Å². The number of aryl methyl sites for hydroxylation is 1. The number of piperidine rings is 1. The van der Waals surface area contributed by atoms with E-state index in [-0.39, 0.29) is 6.03 Å². The molecule has 2 aromatic rings.